The number of fused-ring (bicyclic) bond motifs is 3. The highest BCUT2D eigenvalue weighted by molar-refractivity contribution is 8.00. The zero-order valence-corrected chi connectivity index (χ0v) is 84.3. The summed E-state index contributed by atoms with van der Waals surface area (Å²) in [5.74, 6) is -10.4. The van der Waals surface area contributed by atoms with Crippen LogP contribution in [0.25, 0.3) is 10.8 Å². The molecule has 12 atom stereocenters. The van der Waals surface area contributed by atoms with Crippen LogP contribution < -0.4 is 85.5 Å². The highest BCUT2D eigenvalue weighted by Crippen LogP contribution is 2.30. The van der Waals surface area contributed by atoms with Gasteiger partial charge in [-0.05, 0) is 145 Å². The average molecular weight is 2060 g/mol. The molecule has 6 aromatic carbocycles. The van der Waals surface area contributed by atoms with Crippen LogP contribution in [0.1, 0.15) is 145 Å². The zero-order chi connectivity index (χ0) is 107. The molecule has 0 saturated carbocycles. The largest absolute Gasteiger partial charge is 0.508 e. The van der Waals surface area contributed by atoms with Crippen LogP contribution in [-0.4, -0.2) is 279 Å². The number of halogens is 1. The number of aliphatic hydroxyl groups is 1. The first-order valence-electron chi connectivity index (χ1n) is 48.5. The number of pyridine rings is 1. The smallest absolute Gasteiger partial charge is 0.247 e. The lowest BCUT2D eigenvalue weighted by atomic mass is 9.99. The van der Waals surface area contributed by atoms with Gasteiger partial charge in [-0.3, -0.25) is 101 Å². The van der Waals surface area contributed by atoms with Gasteiger partial charge in [0.15, 0.2) is 0 Å². The van der Waals surface area contributed by atoms with Crippen molar-refractivity contribution < 1.29 is 101 Å². The van der Waals surface area contributed by atoms with E-state index in [-0.39, 0.29) is 113 Å². The molecule has 782 valence electrons. The normalized spacial score (nSPS) is 15.6. The van der Waals surface area contributed by atoms with Gasteiger partial charge in [0.25, 0.3) is 0 Å². The fourth-order valence-corrected chi connectivity index (χ4v) is 18.2. The Morgan fingerprint density at radius 3 is 1.82 bits per heavy atom. The summed E-state index contributed by atoms with van der Waals surface area (Å²) in [6, 6.07) is 26.3. The number of nitrogens with one attached hydrogen (secondary N) is 13. The monoisotopic (exact) mass is 2060 g/mol. The summed E-state index contributed by atoms with van der Waals surface area (Å²) >= 11 is 7.12. The molecule has 7 aromatic rings. The number of hydrogen-bond acceptors (Lipinski definition) is 24. The van der Waals surface area contributed by atoms with Crippen LogP contribution in [0, 0.1) is 17.8 Å². The summed E-state index contributed by atoms with van der Waals surface area (Å²) in [6.07, 6.45) is 1.61. The van der Waals surface area contributed by atoms with E-state index in [9.17, 15) is 86.9 Å². The summed E-state index contributed by atoms with van der Waals surface area (Å²) in [5.41, 5.74) is 16.2. The maximum atomic E-state index is 15.1. The number of likely N-dealkylation sites (N-methyl/N-ethyl adjacent to an activating group) is 1. The predicted molar refractivity (Wildman–Crippen MR) is 545 cm³/mol. The molecule has 43 heteroatoms. The van der Waals surface area contributed by atoms with Crippen molar-refractivity contribution >= 4 is 152 Å². The molecule has 0 radical (unpaired) electrons. The Morgan fingerprint density at radius 2 is 1.16 bits per heavy atom. The number of aromatic hydroxyl groups is 1. The molecule has 1 aromatic heterocycles. The van der Waals surface area contributed by atoms with Gasteiger partial charge < -0.3 is 105 Å². The van der Waals surface area contributed by atoms with Crippen molar-refractivity contribution in [3.05, 3.63) is 208 Å². The number of amides is 19. The van der Waals surface area contributed by atoms with Gasteiger partial charge in [0.1, 0.15) is 72.2 Å². The predicted octanol–water partition coefficient (Wildman–Crippen LogP) is 0.589. The van der Waals surface area contributed by atoms with E-state index in [1.807, 2.05) is 92.7 Å². The molecular weight excluding hydrogens is 1930 g/mol. The molecule has 19 N–H and O–H groups in total. The summed E-state index contributed by atoms with van der Waals surface area (Å²) < 4.78 is 0. The molecular formula is C104H127ClN20O21S. The maximum Gasteiger partial charge on any atom is 0.247 e. The van der Waals surface area contributed by atoms with E-state index in [4.69, 9.17) is 23.1 Å². The number of hydrogen-bond donors (Lipinski definition) is 17. The van der Waals surface area contributed by atoms with E-state index >= 15 is 14.4 Å². The molecule has 0 aliphatic carbocycles. The molecule has 0 bridgehead atoms. The van der Waals surface area contributed by atoms with Crippen LogP contribution in [0.15, 0.2) is 164 Å². The minimum Gasteiger partial charge on any atom is -0.508 e. The number of primary amides is 2. The number of para-hydroxylation sites is 1. The van der Waals surface area contributed by atoms with E-state index in [1.54, 1.807) is 67.3 Å². The Bertz CT molecular complexity index is 6010. The second-order valence-corrected chi connectivity index (χ2v) is 38.6. The van der Waals surface area contributed by atoms with Crippen LogP contribution in [0.3, 0.4) is 0 Å². The van der Waals surface area contributed by atoms with Crippen LogP contribution in [0.5, 0.6) is 5.75 Å². The number of imide groups is 1. The lowest BCUT2D eigenvalue weighted by Crippen LogP contribution is -2.62. The van der Waals surface area contributed by atoms with Gasteiger partial charge in [0, 0.05) is 119 Å². The first kappa shape index (κ1) is 114. The van der Waals surface area contributed by atoms with Gasteiger partial charge in [-0.25, -0.2) is 0 Å². The Labute approximate surface area is 859 Å². The van der Waals surface area contributed by atoms with Crippen molar-refractivity contribution in [3.8, 4) is 17.6 Å². The maximum absolute atomic E-state index is 15.1. The Hall–Kier alpha value is -15.2. The van der Waals surface area contributed by atoms with Crippen molar-refractivity contribution in [2.45, 2.75) is 216 Å². The molecule has 3 aliphatic rings. The molecule has 0 spiro atoms. The number of benzene rings is 6. The van der Waals surface area contributed by atoms with Gasteiger partial charge in [-0.15, -0.1) is 11.8 Å². The first-order valence-corrected chi connectivity index (χ1v) is 50.0. The summed E-state index contributed by atoms with van der Waals surface area (Å²) in [6.45, 7) is 7.76. The Kier molecular flexibility index (Phi) is 43.1. The molecule has 10 rings (SSSR count). The Morgan fingerprint density at radius 1 is 0.565 bits per heavy atom. The summed E-state index contributed by atoms with van der Waals surface area (Å²) in [7, 11) is 1.15. The van der Waals surface area contributed by atoms with Gasteiger partial charge in [-0.1, -0.05) is 154 Å². The standard InChI is InChI=1S/C104H127ClN20O21S/c1-60(2)46-76(117-99(141)80(52-87(106)129)120-101(143)85(51-65-30-37-74(128)38-31-65)122(7)102(144)81(58-126)121-98(140)79(50-67-18-16-41-108-54-67)119-97(139)78(48-64-28-35-73(105)36-29-64)118-96(138)77(114-63(6)127)49-66-27-32-68-19-8-10-22-71(68)47-66)95(137)116-75(24-14-15-42-109-61(3)4)103(145)123-44-17-26-84(123)100(142)113-62(5)94(136)112-55-89(131)111-56-90(132)115-82(93(107)135)59-147-86-53-92(134)124(104(86)146)45-40-88(130)110-43-39-91(133)125-57-72-23-11-9-20-69(72)33-34-70-21-12-13-25-83(70)125/h8-13,16,18-23,25,27-32,35-38,41,47,54,60-62,75-82,84-86,109,126,128H,14-15,17,24,26,39-40,42-46,48-53,55-59H2,1-7H3,(H2,106,129)(H2,107,135)(H,110,130)(H,111,131)(H,112,136)(H,113,142)(H,114,127)(H,115,132)(H,116,137)(H,117,141)(H,118,138)(H,119,139)(H,120,143)(H,121,140)/t62-,75+,76+,77?,78-,79-,80-,81+,82+,84+,85+,86?/m1/s1. The number of anilines is 1. The number of rotatable bonds is 53. The minimum atomic E-state index is -1.90. The molecule has 4 heterocycles. The quantitative estimate of drug-likeness (QED) is 0.0141. The fraction of sp³-hybridized carbons (Fsp3) is 0.423. The molecule has 2 fully saturated rings. The van der Waals surface area contributed by atoms with Gasteiger partial charge >= 0.3 is 0 Å². The first-order chi connectivity index (χ1) is 70.2. The highest BCUT2D eigenvalue weighted by atomic mass is 35.5. The van der Waals surface area contributed by atoms with E-state index in [2.05, 4.69) is 85.9 Å². The van der Waals surface area contributed by atoms with Crippen LogP contribution in [-0.2, 0) is 123 Å². The van der Waals surface area contributed by atoms with Gasteiger partial charge in [-0.2, -0.15) is 0 Å². The van der Waals surface area contributed by atoms with E-state index in [1.165, 1.54) is 55.4 Å². The number of likely N-dealkylation sites (tertiary alicyclic amines) is 2. The van der Waals surface area contributed by atoms with E-state index in [0.29, 0.717) is 64.3 Å². The van der Waals surface area contributed by atoms with Gasteiger partial charge in [0.2, 0.25) is 112 Å². The number of carbonyl (C=O) groups is 19. The third kappa shape index (κ3) is 34.8. The number of nitrogens with two attached hydrogens (primary N) is 2. The van der Waals surface area contributed by atoms with E-state index < -0.39 is 211 Å². The van der Waals surface area contributed by atoms with Gasteiger partial charge in [0.05, 0.1) is 43.6 Å². The number of phenolic OH excluding ortho intramolecular Hbond substituents is 1. The SMILES string of the molecule is CC(=O)NC(Cc1ccc2ccccc2c1)C(=O)N[C@H](Cc1ccc(Cl)cc1)C(=O)N[C@H](Cc1cccnc1)C(=O)N[C@@H](CO)C(=O)N(C)[C@@H](Cc1ccc(O)cc1)C(=O)N[C@H](CC(N)=O)C(=O)N[C@@H](CC(C)C)C(=O)N[C@@H](CCCCNC(C)C)C(=O)N1CCC[C@H]1C(=O)N[C@H](C)C(=O)NCC(=O)NCC(=O)N[C@@H](CSC1CC(=O)N(CCC(=O)NCCC(=O)N2Cc3ccccc3C#Cc3ccccc32)C1=O)C(N)=O. The molecule has 2 saturated heterocycles. The van der Waals surface area contributed by atoms with Crippen LogP contribution in [0.4, 0.5) is 5.69 Å². The molecule has 2 unspecified atom stereocenters. The van der Waals surface area contributed by atoms with Crippen LogP contribution in [0.2, 0.25) is 5.02 Å². The van der Waals surface area contributed by atoms with Crippen molar-refractivity contribution in [1.82, 2.24) is 88.8 Å². The van der Waals surface area contributed by atoms with Crippen molar-refractivity contribution in [1.29, 1.82) is 0 Å². The second kappa shape index (κ2) is 55.7. The highest BCUT2D eigenvalue weighted by Gasteiger charge is 2.44. The van der Waals surface area contributed by atoms with Crippen LogP contribution >= 0.6 is 23.4 Å². The molecule has 19 amide bonds. The number of thioether (sulfide) groups is 1. The number of nitrogens with zero attached hydrogens (tertiary/aromatic N) is 5. The van der Waals surface area contributed by atoms with Crippen molar-refractivity contribution in [2.75, 3.05) is 63.6 Å². The number of unbranched alkanes of at least 4 members (excludes halogenated alkanes) is 1. The summed E-state index contributed by atoms with van der Waals surface area (Å²) in [5, 5.41) is 56.8. The lowest BCUT2D eigenvalue weighted by molar-refractivity contribution is -0.144. The molecule has 3 aliphatic heterocycles. The Balaban J connectivity index is 0.729. The lowest BCUT2D eigenvalue weighted by Gasteiger charge is -2.32. The van der Waals surface area contributed by atoms with Crippen molar-refractivity contribution in [2.24, 2.45) is 17.4 Å². The second-order valence-electron chi connectivity index (χ2n) is 36.9. The van der Waals surface area contributed by atoms with Crippen molar-refractivity contribution in [3.63, 3.8) is 0 Å². The molecule has 147 heavy (non-hydrogen) atoms. The average Bonchev–Trinajstić information content (AvgIpc) is 1.53. The third-order valence-corrected chi connectivity index (χ3v) is 26.2. The topological polar surface area (TPSA) is 599 Å². The number of carbonyl (C=O) groups excluding carboxylic acids is 19. The third-order valence-electron chi connectivity index (χ3n) is 24.7. The van der Waals surface area contributed by atoms with E-state index in [0.717, 1.165) is 50.5 Å². The zero-order valence-electron chi connectivity index (χ0n) is 82.8. The number of aliphatic hydroxyl groups excluding tert-OH is 1. The minimum absolute atomic E-state index is 0.000796. The molecule has 41 nitrogen and oxygen atoms in total. The number of aromatic nitrogens is 1. The fourth-order valence-electron chi connectivity index (χ4n) is 16.9. The number of phenols is 1. The summed E-state index contributed by atoms with van der Waals surface area (Å²) in [4.78, 5) is 274.